The van der Waals surface area contributed by atoms with Gasteiger partial charge in [0.25, 0.3) is 5.91 Å². The Labute approximate surface area is 198 Å². The average molecular weight is 487 g/mol. The summed E-state index contributed by atoms with van der Waals surface area (Å²) >= 11 is 6.07. The molecular formula is C24H23ClN2O5S. The predicted molar refractivity (Wildman–Crippen MR) is 128 cm³/mol. The lowest BCUT2D eigenvalue weighted by Gasteiger charge is -2.14. The van der Waals surface area contributed by atoms with Crippen LogP contribution in [0.25, 0.3) is 0 Å². The summed E-state index contributed by atoms with van der Waals surface area (Å²) in [7, 11) is -1.78. The second-order valence-electron chi connectivity index (χ2n) is 7.38. The summed E-state index contributed by atoms with van der Waals surface area (Å²) in [5, 5.41) is 3.08. The van der Waals surface area contributed by atoms with Crippen molar-refractivity contribution in [2.75, 3.05) is 25.2 Å². The molecular weight excluding hydrogens is 464 g/mol. The second kappa shape index (κ2) is 10.6. The van der Waals surface area contributed by atoms with Crippen molar-refractivity contribution in [1.29, 1.82) is 0 Å². The summed E-state index contributed by atoms with van der Waals surface area (Å²) in [6.45, 7) is -0.0431. The van der Waals surface area contributed by atoms with Crippen LogP contribution < -0.4 is 10.1 Å². The van der Waals surface area contributed by atoms with Crippen LogP contribution >= 0.6 is 11.6 Å². The molecule has 0 saturated carbocycles. The number of carbonyl (C=O) groups is 2. The summed E-state index contributed by atoms with van der Waals surface area (Å²) in [6.07, 6.45) is 1.14. The van der Waals surface area contributed by atoms with Gasteiger partial charge in [0, 0.05) is 29.7 Å². The third kappa shape index (κ3) is 6.89. The fourth-order valence-electron chi connectivity index (χ4n) is 2.96. The standard InChI is InChI=1S/C24H23ClN2O5S/c1-27(33(2,30)31)15-17-8-11-20(12-9-17)32-16-23(28)26-22-13-10-19(25)14-21(22)24(29)18-6-4-3-5-7-18/h3-14H,15-16H2,1-2H3,(H,26,28). The van der Waals surface area contributed by atoms with Crippen LogP contribution in [0.5, 0.6) is 5.75 Å². The van der Waals surface area contributed by atoms with Gasteiger partial charge in [-0.15, -0.1) is 0 Å². The molecule has 9 heteroatoms. The van der Waals surface area contributed by atoms with E-state index in [1.807, 2.05) is 6.07 Å². The zero-order chi connectivity index (χ0) is 24.0. The van der Waals surface area contributed by atoms with Crippen molar-refractivity contribution in [2.45, 2.75) is 6.54 Å². The Morgan fingerprint density at radius 2 is 1.67 bits per heavy atom. The number of halogens is 1. The van der Waals surface area contributed by atoms with Crippen LogP contribution in [-0.2, 0) is 21.4 Å². The molecule has 33 heavy (non-hydrogen) atoms. The zero-order valence-corrected chi connectivity index (χ0v) is 19.7. The van der Waals surface area contributed by atoms with Gasteiger partial charge in [-0.3, -0.25) is 9.59 Å². The number of amides is 1. The Morgan fingerprint density at radius 1 is 1.00 bits per heavy atom. The first kappa shape index (κ1) is 24.4. The molecule has 0 aliphatic rings. The van der Waals surface area contributed by atoms with Gasteiger partial charge in [-0.2, -0.15) is 0 Å². The summed E-state index contributed by atoms with van der Waals surface area (Å²) < 4.78 is 29.8. The van der Waals surface area contributed by atoms with E-state index in [9.17, 15) is 18.0 Å². The number of hydrogen-bond donors (Lipinski definition) is 1. The lowest BCUT2D eigenvalue weighted by atomic mass is 10.0. The molecule has 1 amide bonds. The molecule has 0 spiro atoms. The van der Waals surface area contributed by atoms with Crippen LogP contribution in [0.1, 0.15) is 21.5 Å². The molecule has 0 heterocycles. The Bertz CT molecular complexity index is 1250. The van der Waals surface area contributed by atoms with Gasteiger partial charge in [0.15, 0.2) is 12.4 Å². The van der Waals surface area contributed by atoms with Crippen molar-refractivity contribution in [3.8, 4) is 5.75 Å². The molecule has 0 aromatic heterocycles. The minimum atomic E-state index is -3.28. The maximum Gasteiger partial charge on any atom is 0.262 e. The molecule has 3 rings (SSSR count). The highest BCUT2D eigenvalue weighted by atomic mass is 35.5. The second-order valence-corrected chi connectivity index (χ2v) is 9.91. The number of carbonyl (C=O) groups excluding carboxylic acids is 2. The number of hydrogen-bond acceptors (Lipinski definition) is 5. The smallest absolute Gasteiger partial charge is 0.262 e. The first-order valence-electron chi connectivity index (χ1n) is 9.95. The molecule has 0 unspecified atom stereocenters. The monoisotopic (exact) mass is 486 g/mol. The molecule has 0 radical (unpaired) electrons. The third-order valence-corrected chi connectivity index (χ3v) is 6.30. The van der Waals surface area contributed by atoms with Crippen LogP contribution in [0, 0.1) is 0 Å². The fraction of sp³-hybridized carbons (Fsp3) is 0.167. The molecule has 0 fully saturated rings. The van der Waals surface area contributed by atoms with E-state index in [4.69, 9.17) is 16.3 Å². The maximum atomic E-state index is 12.9. The lowest BCUT2D eigenvalue weighted by molar-refractivity contribution is -0.118. The number of ether oxygens (including phenoxy) is 1. The molecule has 3 aromatic rings. The van der Waals surface area contributed by atoms with Gasteiger partial charge in [-0.25, -0.2) is 12.7 Å². The molecule has 1 N–H and O–H groups in total. The summed E-state index contributed by atoms with van der Waals surface area (Å²) in [5.74, 6) is -0.253. The van der Waals surface area contributed by atoms with Gasteiger partial charge in [0.1, 0.15) is 5.75 Å². The Morgan fingerprint density at radius 3 is 2.30 bits per heavy atom. The highest BCUT2D eigenvalue weighted by Gasteiger charge is 2.16. The van der Waals surface area contributed by atoms with Crippen molar-refractivity contribution in [3.05, 3.63) is 94.5 Å². The number of nitrogens with one attached hydrogen (secondary N) is 1. The summed E-state index contributed by atoms with van der Waals surface area (Å²) in [5.41, 5.74) is 1.88. The Kier molecular flexibility index (Phi) is 7.86. The predicted octanol–water partition coefficient (Wildman–Crippen LogP) is 3.98. The van der Waals surface area contributed by atoms with Crippen LogP contribution in [-0.4, -0.2) is 44.3 Å². The quantitative estimate of drug-likeness (QED) is 0.462. The van der Waals surface area contributed by atoms with Crippen molar-refractivity contribution in [1.82, 2.24) is 4.31 Å². The van der Waals surface area contributed by atoms with Gasteiger partial charge in [0.05, 0.1) is 11.9 Å². The molecule has 0 aliphatic heterocycles. The molecule has 0 aliphatic carbocycles. The first-order chi connectivity index (χ1) is 15.6. The Hall–Kier alpha value is -3.20. The van der Waals surface area contributed by atoms with Gasteiger partial charge >= 0.3 is 0 Å². The van der Waals surface area contributed by atoms with Crippen molar-refractivity contribution in [3.63, 3.8) is 0 Å². The molecule has 0 atom stereocenters. The van der Waals surface area contributed by atoms with Gasteiger partial charge < -0.3 is 10.1 Å². The summed E-state index contributed by atoms with van der Waals surface area (Å²) in [6, 6.07) is 20.2. The van der Waals surface area contributed by atoms with E-state index in [1.54, 1.807) is 60.7 Å². The minimum absolute atomic E-state index is 0.231. The Balaban J connectivity index is 1.63. The third-order valence-electron chi connectivity index (χ3n) is 4.80. The van der Waals surface area contributed by atoms with Crippen molar-refractivity contribution < 1.29 is 22.7 Å². The van der Waals surface area contributed by atoms with Crippen molar-refractivity contribution in [2.24, 2.45) is 0 Å². The summed E-state index contributed by atoms with van der Waals surface area (Å²) in [4.78, 5) is 25.3. The van der Waals surface area contributed by atoms with E-state index >= 15 is 0 Å². The molecule has 0 bridgehead atoms. The van der Waals surface area contributed by atoms with E-state index in [1.165, 1.54) is 17.4 Å². The van der Waals surface area contributed by atoms with E-state index in [2.05, 4.69) is 5.32 Å². The van der Waals surface area contributed by atoms with Gasteiger partial charge in [-0.05, 0) is 35.9 Å². The lowest BCUT2D eigenvalue weighted by Crippen LogP contribution is -2.24. The van der Waals surface area contributed by atoms with E-state index in [-0.39, 0.29) is 24.5 Å². The number of nitrogens with zero attached hydrogens (tertiary/aromatic N) is 1. The van der Waals surface area contributed by atoms with Crippen LogP contribution in [0.15, 0.2) is 72.8 Å². The highest BCUT2D eigenvalue weighted by molar-refractivity contribution is 7.88. The normalized spacial score (nSPS) is 11.3. The van der Waals surface area contributed by atoms with Crippen molar-refractivity contribution >= 4 is 39.0 Å². The van der Waals surface area contributed by atoms with E-state index < -0.39 is 15.9 Å². The number of benzene rings is 3. The zero-order valence-electron chi connectivity index (χ0n) is 18.1. The SMILES string of the molecule is CN(Cc1ccc(OCC(=O)Nc2ccc(Cl)cc2C(=O)c2ccccc2)cc1)S(C)(=O)=O. The number of sulfonamides is 1. The van der Waals surface area contributed by atoms with Crippen LogP contribution in [0.2, 0.25) is 5.02 Å². The molecule has 0 saturated heterocycles. The fourth-order valence-corrected chi connectivity index (χ4v) is 3.51. The maximum absolute atomic E-state index is 12.9. The highest BCUT2D eigenvalue weighted by Crippen LogP contribution is 2.24. The largest absolute Gasteiger partial charge is 0.484 e. The first-order valence-corrected chi connectivity index (χ1v) is 12.2. The minimum Gasteiger partial charge on any atom is -0.484 e. The van der Waals surface area contributed by atoms with Gasteiger partial charge in [-0.1, -0.05) is 54.1 Å². The number of anilines is 1. The topological polar surface area (TPSA) is 92.8 Å². The van der Waals surface area contributed by atoms with E-state index in [0.717, 1.165) is 11.8 Å². The van der Waals surface area contributed by atoms with E-state index in [0.29, 0.717) is 22.0 Å². The van der Waals surface area contributed by atoms with Gasteiger partial charge in [0.2, 0.25) is 10.0 Å². The number of ketones is 1. The number of rotatable bonds is 9. The molecule has 172 valence electrons. The molecule has 3 aromatic carbocycles. The van der Waals surface area contributed by atoms with Crippen LogP contribution in [0.3, 0.4) is 0 Å². The van der Waals surface area contributed by atoms with Crippen LogP contribution in [0.4, 0.5) is 5.69 Å². The molecule has 7 nitrogen and oxygen atoms in total. The average Bonchev–Trinajstić information content (AvgIpc) is 2.79.